The summed E-state index contributed by atoms with van der Waals surface area (Å²) in [4.78, 5) is 22.8. The first-order chi connectivity index (χ1) is 20.0. The highest BCUT2D eigenvalue weighted by Crippen LogP contribution is 2.42. The molecule has 2 aromatic rings. The van der Waals surface area contributed by atoms with E-state index in [-0.39, 0.29) is 44.8 Å². The SMILES string of the molecule is CCC#Cc1cc(Cl)cc2c1OC(C(F)(F)F)C(C(=O)OCC)=C2.O=C(O)C1=Cc2cc(Cl)cc(I)c2OC1C(F)(F)F. The largest absolute Gasteiger partial charge is 0.478 e. The number of fused-ring (bicyclic) bond motifs is 2. The van der Waals surface area contributed by atoms with E-state index in [2.05, 4.69) is 11.8 Å². The molecule has 0 spiro atoms. The van der Waals surface area contributed by atoms with Gasteiger partial charge in [-0.25, -0.2) is 9.59 Å². The van der Waals surface area contributed by atoms with Crippen LogP contribution in [0.2, 0.25) is 10.0 Å². The molecule has 0 aliphatic carbocycles. The van der Waals surface area contributed by atoms with E-state index in [0.717, 1.165) is 12.2 Å². The number of carbonyl (C=O) groups excluding carboxylic acids is 1. The van der Waals surface area contributed by atoms with Gasteiger partial charge >= 0.3 is 24.3 Å². The van der Waals surface area contributed by atoms with E-state index in [1.165, 1.54) is 31.2 Å². The van der Waals surface area contributed by atoms with Gasteiger partial charge in [-0.05, 0) is 65.9 Å². The molecular formula is C28H19Cl2F6IO6. The number of hydrogen-bond donors (Lipinski definition) is 1. The van der Waals surface area contributed by atoms with Crippen LogP contribution in [0.25, 0.3) is 12.2 Å². The molecule has 0 amide bonds. The van der Waals surface area contributed by atoms with Gasteiger partial charge in [-0.3, -0.25) is 0 Å². The van der Waals surface area contributed by atoms with Crippen molar-refractivity contribution in [2.24, 2.45) is 0 Å². The third-order valence-corrected chi connectivity index (χ3v) is 6.77. The third kappa shape index (κ3) is 8.30. The number of carboxylic acid groups (broad SMARTS) is 1. The first-order valence-electron chi connectivity index (χ1n) is 12.1. The van der Waals surface area contributed by atoms with Crippen molar-refractivity contribution in [2.75, 3.05) is 6.61 Å². The van der Waals surface area contributed by atoms with E-state index in [0.29, 0.717) is 9.99 Å². The molecule has 0 saturated heterocycles. The van der Waals surface area contributed by atoms with Crippen molar-refractivity contribution in [1.29, 1.82) is 0 Å². The molecular weight excluding hydrogens is 744 g/mol. The zero-order valence-electron chi connectivity index (χ0n) is 21.9. The first-order valence-corrected chi connectivity index (χ1v) is 13.9. The zero-order valence-corrected chi connectivity index (χ0v) is 25.6. The minimum atomic E-state index is -4.80. The summed E-state index contributed by atoms with van der Waals surface area (Å²) in [5, 5.41) is 9.42. The molecule has 0 bridgehead atoms. The van der Waals surface area contributed by atoms with Crippen molar-refractivity contribution in [1.82, 2.24) is 0 Å². The van der Waals surface area contributed by atoms with E-state index in [4.69, 9.17) is 42.5 Å². The lowest BCUT2D eigenvalue weighted by Gasteiger charge is -2.28. The Labute approximate surface area is 264 Å². The molecule has 0 aromatic heterocycles. The maximum absolute atomic E-state index is 13.3. The molecule has 0 saturated carbocycles. The topological polar surface area (TPSA) is 82.1 Å². The summed E-state index contributed by atoms with van der Waals surface area (Å²) in [5.41, 5.74) is -0.763. The second kappa shape index (κ2) is 13.7. The molecule has 15 heteroatoms. The predicted octanol–water partition coefficient (Wildman–Crippen LogP) is 8.11. The maximum Gasteiger partial charge on any atom is 0.430 e. The number of carbonyl (C=O) groups is 2. The fraction of sp³-hybridized carbons (Fsp3) is 0.286. The summed E-state index contributed by atoms with van der Waals surface area (Å²) in [6, 6.07) is 5.64. The molecule has 2 aliphatic rings. The predicted molar refractivity (Wildman–Crippen MR) is 154 cm³/mol. The van der Waals surface area contributed by atoms with Gasteiger partial charge in [0.1, 0.15) is 11.5 Å². The van der Waals surface area contributed by atoms with Crippen LogP contribution in [0, 0.1) is 15.4 Å². The summed E-state index contributed by atoms with van der Waals surface area (Å²) in [6.07, 6.45) is -11.9. The van der Waals surface area contributed by atoms with Crippen LogP contribution in [-0.2, 0) is 14.3 Å². The summed E-state index contributed by atoms with van der Waals surface area (Å²) >= 11 is 13.5. The van der Waals surface area contributed by atoms with E-state index < -0.39 is 47.6 Å². The number of rotatable bonds is 3. The van der Waals surface area contributed by atoms with Crippen LogP contribution < -0.4 is 9.47 Å². The average molecular weight is 763 g/mol. The monoisotopic (exact) mass is 762 g/mol. The van der Waals surface area contributed by atoms with Crippen molar-refractivity contribution in [3.8, 4) is 23.3 Å². The molecule has 2 atom stereocenters. The van der Waals surface area contributed by atoms with Gasteiger partial charge in [0.2, 0.25) is 12.2 Å². The van der Waals surface area contributed by atoms with Gasteiger partial charge in [-0.1, -0.05) is 42.0 Å². The van der Waals surface area contributed by atoms with Crippen LogP contribution in [0.5, 0.6) is 11.5 Å². The van der Waals surface area contributed by atoms with Crippen molar-refractivity contribution in [3.05, 3.63) is 65.7 Å². The van der Waals surface area contributed by atoms with Crippen LogP contribution in [0.15, 0.2) is 35.4 Å². The zero-order chi connectivity index (χ0) is 32.3. The molecule has 43 heavy (non-hydrogen) atoms. The molecule has 230 valence electrons. The van der Waals surface area contributed by atoms with Gasteiger partial charge in [0.15, 0.2) is 0 Å². The van der Waals surface area contributed by atoms with E-state index in [1.54, 1.807) is 22.6 Å². The molecule has 4 rings (SSSR count). The highest BCUT2D eigenvalue weighted by Gasteiger charge is 2.50. The normalized spacial score (nSPS) is 17.2. The van der Waals surface area contributed by atoms with E-state index in [1.807, 2.05) is 6.92 Å². The van der Waals surface area contributed by atoms with Gasteiger partial charge in [-0.2, -0.15) is 26.3 Å². The van der Waals surface area contributed by atoms with Crippen molar-refractivity contribution in [2.45, 2.75) is 44.8 Å². The minimum Gasteiger partial charge on any atom is -0.478 e. The lowest BCUT2D eigenvalue weighted by Crippen LogP contribution is -2.41. The average Bonchev–Trinajstić information content (AvgIpc) is 2.89. The van der Waals surface area contributed by atoms with Gasteiger partial charge < -0.3 is 19.3 Å². The number of hydrogen-bond acceptors (Lipinski definition) is 5. The Bertz CT molecular complexity index is 1560. The van der Waals surface area contributed by atoms with E-state index in [9.17, 15) is 35.9 Å². The molecule has 0 radical (unpaired) electrons. The molecule has 2 heterocycles. The van der Waals surface area contributed by atoms with Crippen LogP contribution in [0.3, 0.4) is 0 Å². The quantitative estimate of drug-likeness (QED) is 0.147. The van der Waals surface area contributed by atoms with Gasteiger partial charge in [0.25, 0.3) is 0 Å². The molecule has 2 unspecified atom stereocenters. The second-order valence-corrected chi connectivity index (χ2v) is 10.7. The Hall–Kier alpha value is -3.09. The summed E-state index contributed by atoms with van der Waals surface area (Å²) in [5.74, 6) is 2.68. The summed E-state index contributed by atoms with van der Waals surface area (Å²) in [6.45, 7) is 3.27. The second-order valence-electron chi connectivity index (χ2n) is 8.64. The number of halogens is 9. The molecule has 2 aliphatic heterocycles. The fourth-order valence-electron chi connectivity index (χ4n) is 3.83. The van der Waals surface area contributed by atoms with E-state index >= 15 is 0 Å². The highest BCUT2D eigenvalue weighted by molar-refractivity contribution is 14.1. The molecule has 2 aromatic carbocycles. The van der Waals surface area contributed by atoms with Crippen LogP contribution in [-0.4, -0.2) is 48.2 Å². The van der Waals surface area contributed by atoms with Gasteiger partial charge in [0, 0.05) is 27.6 Å². The number of alkyl halides is 6. The van der Waals surface area contributed by atoms with Crippen molar-refractivity contribution >= 4 is 69.9 Å². The summed E-state index contributed by atoms with van der Waals surface area (Å²) in [7, 11) is 0. The van der Waals surface area contributed by atoms with Crippen molar-refractivity contribution in [3.63, 3.8) is 0 Å². The van der Waals surface area contributed by atoms with Crippen LogP contribution in [0.4, 0.5) is 26.3 Å². The Morgan fingerprint density at radius 1 is 0.907 bits per heavy atom. The van der Waals surface area contributed by atoms with Gasteiger partial charge in [-0.15, -0.1) is 0 Å². The lowest BCUT2D eigenvalue weighted by atomic mass is 9.98. The van der Waals surface area contributed by atoms with Crippen LogP contribution in [0.1, 0.15) is 37.0 Å². The minimum absolute atomic E-state index is 0.0164. The lowest BCUT2D eigenvalue weighted by molar-refractivity contribution is -0.188. The molecule has 6 nitrogen and oxygen atoms in total. The molecule has 1 N–H and O–H groups in total. The number of esters is 1. The third-order valence-electron chi connectivity index (χ3n) is 5.53. The number of carboxylic acids is 1. The molecule has 0 fully saturated rings. The van der Waals surface area contributed by atoms with Crippen molar-refractivity contribution < 1.29 is 55.2 Å². The first kappa shape index (κ1) is 34.4. The standard InChI is InChI=1S/C17H14ClF3O3.C11H5ClF3IO3/c1-3-5-6-10-7-12(18)8-11-9-13(16(22)23-4-2)15(17(19,20)21)24-14(10)11;12-5-1-4-2-6(10(17)18)9(11(13,14)15)19-8(4)7(16)3-5/h7-9,15H,3-4H2,1-2H3;1-3,9H,(H,17,18). The number of aliphatic carboxylic acids is 1. The smallest absolute Gasteiger partial charge is 0.430 e. The Kier molecular flexibility index (Phi) is 11.0. The number of ether oxygens (including phenoxy) is 3. The summed E-state index contributed by atoms with van der Waals surface area (Å²) < 4.78 is 93.3. The van der Waals surface area contributed by atoms with Crippen LogP contribution >= 0.6 is 45.8 Å². The Morgan fingerprint density at radius 3 is 1.95 bits per heavy atom. The Morgan fingerprint density at radius 2 is 1.42 bits per heavy atom. The number of benzene rings is 2. The fourth-order valence-corrected chi connectivity index (χ4v) is 5.24. The highest BCUT2D eigenvalue weighted by atomic mass is 127. The maximum atomic E-state index is 13.3. The Balaban J connectivity index is 0.000000242. The van der Waals surface area contributed by atoms with Gasteiger partial charge in [0.05, 0.1) is 26.9 Å².